The van der Waals surface area contributed by atoms with E-state index < -0.39 is 6.67 Å². The lowest BCUT2D eigenvalue weighted by molar-refractivity contribution is 0.451. The number of aryl methyl sites for hydroxylation is 2. The van der Waals surface area contributed by atoms with Gasteiger partial charge in [-0.15, -0.1) is 0 Å². The lowest BCUT2D eigenvalue weighted by Crippen LogP contribution is -2.05. The van der Waals surface area contributed by atoms with E-state index in [0.29, 0.717) is 17.1 Å². The van der Waals surface area contributed by atoms with Gasteiger partial charge in [-0.3, -0.25) is 4.57 Å². The van der Waals surface area contributed by atoms with E-state index >= 15 is 0 Å². The Morgan fingerprint density at radius 1 is 1.43 bits per heavy atom. The molecular formula is C9H11FN4. The molecule has 0 radical (unpaired) electrons. The monoisotopic (exact) mass is 194 g/mol. The number of anilines is 1. The average Bonchev–Trinajstić information content (AvgIpc) is 2.45. The van der Waals surface area contributed by atoms with Crippen LogP contribution in [0.1, 0.15) is 5.69 Å². The van der Waals surface area contributed by atoms with Crippen molar-refractivity contribution in [3.05, 3.63) is 17.8 Å². The van der Waals surface area contributed by atoms with Gasteiger partial charge < -0.3 is 5.73 Å². The summed E-state index contributed by atoms with van der Waals surface area (Å²) in [6.45, 7) is 1.62. The number of aromatic nitrogens is 3. The molecule has 0 aromatic carbocycles. The number of nitrogen functional groups attached to an aromatic ring is 1. The molecule has 2 N–H and O–H groups in total. The third-order valence-corrected chi connectivity index (χ3v) is 2.07. The third-order valence-electron chi connectivity index (χ3n) is 2.07. The third kappa shape index (κ3) is 1.30. The Balaban J connectivity index is 2.66. The standard InChI is InChI=1S/C9H11FN4/c1-6-2-3-7-8(12-6)14(5-4-10)9(11)13-7/h2-3H,4-5H2,1H3,(H2,11,13). The molecule has 0 aliphatic heterocycles. The van der Waals surface area contributed by atoms with Crippen LogP contribution in [0.4, 0.5) is 10.3 Å². The summed E-state index contributed by atoms with van der Waals surface area (Å²) in [6, 6.07) is 3.69. The first kappa shape index (κ1) is 8.93. The van der Waals surface area contributed by atoms with Crippen LogP contribution in [0, 0.1) is 6.92 Å². The maximum absolute atomic E-state index is 12.2. The first-order valence-electron chi connectivity index (χ1n) is 4.37. The first-order chi connectivity index (χ1) is 6.72. The normalized spacial score (nSPS) is 11.0. The Hall–Kier alpha value is -1.65. The highest BCUT2D eigenvalue weighted by molar-refractivity contribution is 5.74. The number of alkyl halides is 1. The number of rotatable bonds is 2. The highest BCUT2D eigenvalue weighted by Crippen LogP contribution is 2.15. The van der Waals surface area contributed by atoms with Crippen LogP contribution in [0.2, 0.25) is 0 Å². The van der Waals surface area contributed by atoms with Gasteiger partial charge in [-0.2, -0.15) is 0 Å². The Labute approximate surface area is 80.6 Å². The van der Waals surface area contributed by atoms with E-state index in [1.54, 1.807) is 4.57 Å². The van der Waals surface area contributed by atoms with Gasteiger partial charge in [0.15, 0.2) is 5.65 Å². The number of hydrogen-bond acceptors (Lipinski definition) is 3. The zero-order valence-electron chi connectivity index (χ0n) is 7.87. The van der Waals surface area contributed by atoms with E-state index in [-0.39, 0.29) is 6.54 Å². The minimum absolute atomic E-state index is 0.207. The molecule has 0 bridgehead atoms. The number of pyridine rings is 1. The van der Waals surface area contributed by atoms with Crippen molar-refractivity contribution < 1.29 is 4.39 Å². The van der Waals surface area contributed by atoms with Crippen LogP contribution in [0.15, 0.2) is 12.1 Å². The molecule has 2 rings (SSSR count). The number of fused-ring (bicyclic) bond motifs is 1. The van der Waals surface area contributed by atoms with Gasteiger partial charge in [0.25, 0.3) is 0 Å². The van der Waals surface area contributed by atoms with E-state index in [4.69, 9.17) is 5.73 Å². The molecular weight excluding hydrogens is 183 g/mol. The van der Waals surface area contributed by atoms with Crippen LogP contribution in [0.5, 0.6) is 0 Å². The second-order valence-corrected chi connectivity index (χ2v) is 3.11. The molecule has 2 heterocycles. The lowest BCUT2D eigenvalue weighted by Gasteiger charge is -2.01. The van der Waals surface area contributed by atoms with Crippen LogP contribution < -0.4 is 5.73 Å². The Bertz CT molecular complexity index is 463. The van der Waals surface area contributed by atoms with Crippen LogP contribution in [-0.2, 0) is 6.54 Å². The molecule has 0 aliphatic carbocycles. The predicted octanol–water partition coefficient (Wildman–Crippen LogP) is 1.29. The fourth-order valence-corrected chi connectivity index (χ4v) is 1.42. The molecule has 2 aromatic heterocycles. The van der Waals surface area contributed by atoms with Gasteiger partial charge in [0.05, 0.1) is 6.54 Å². The molecule has 4 nitrogen and oxygen atoms in total. The van der Waals surface area contributed by atoms with E-state index in [1.165, 1.54) is 0 Å². The van der Waals surface area contributed by atoms with Crippen LogP contribution in [-0.4, -0.2) is 21.2 Å². The molecule has 14 heavy (non-hydrogen) atoms. The summed E-state index contributed by atoms with van der Waals surface area (Å²) in [5.41, 5.74) is 7.87. The minimum Gasteiger partial charge on any atom is -0.369 e. The Kier molecular flexibility index (Phi) is 2.07. The molecule has 0 saturated heterocycles. The smallest absolute Gasteiger partial charge is 0.202 e. The van der Waals surface area contributed by atoms with Gasteiger partial charge in [0, 0.05) is 5.69 Å². The van der Waals surface area contributed by atoms with Crippen LogP contribution >= 0.6 is 0 Å². The Morgan fingerprint density at radius 2 is 2.21 bits per heavy atom. The van der Waals surface area contributed by atoms with Crippen LogP contribution in [0.3, 0.4) is 0 Å². The largest absolute Gasteiger partial charge is 0.369 e. The second kappa shape index (κ2) is 3.25. The Morgan fingerprint density at radius 3 is 2.93 bits per heavy atom. The molecule has 0 fully saturated rings. The SMILES string of the molecule is Cc1ccc2nc(N)n(CCF)c2n1. The summed E-state index contributed by atoms with van der Waals surface area (Å²) in [5.74, 6) is 0.316. The molecule has 0 unspecified atom stereocenters. The lowest BCUT2D eigenvalue weighted by atomic mass is 10.3. The molecule has 0 aliphatic rings. The molecule has 0 amide bonds. The van der Waals surface area contributed by atoms with Gasteiger partial charge in [0.1, 0.15) is 12.2 Å². The van der Waals surface area contributed by atoms with Gasteiger partial charge in [-0.25, -0.2) is 14.4 Å². The van der Waals surface area contributed by atoms with Crippen molar-refractivity contribution >= 4 is 17.1 Å². The van der Waals surface area contributed by atoms with Crippen molar-refractivity contribution in [3.63, 3.8) is 0 Å². The van der Waals surface area contributed by atoms with Crippen molar-refractivity contribution in [2.75, 3.05) is 12.4 Å². The highest BCUT2D eigenvalue weighted by Gasteiger charge is 2.08. The summed E-state index contributed by atoms with van der Waals surface area (Å²) in [5, 5.41) is 0. The van der Waals surface area contributed by atoms with E-state index in [1.807, 2.05) is 19.1 Å². The quantitative estimate of drug-likeness (QED) is 0.783. The van der Waals surface area contributed by atoms with E-state index in [9.17, 15) is 4.39 Å². The number of halogens is 1. The second-order valence-electron chi connectivity index (χ2n) is 3.11. The highest BCUT2D eigenvalue weighted by atomic mass is 19.1. The van der Waals surface area contributed by atoms with Crippen LogP contribution in [0.25, 0.3) is 11.2 Å². The van der Waals surface area contributed by atoms with Crippen molar-refractivity contribution in [2.24, 2.45) is 0 Å². The van der Waals surface area contributed by atoms with Crippen molar-refractivity contribution in [1.82, 2.24) is 14.5 Å². The van der Waals surface area contributed by atoms with Crippen molar-refractivity contribution in [3.8, 4) is 0 Å². The summed E-state index contributed by atoms with van der Waals surface area (Å²) >= 11 is 0. The molecule has 2 aromatic rings. The molecule has 0 saturated carbocycles. The number of imidazole rings is 1. The maximum atomic E-state index is 12.2. The van der Waals surface area contributed by atoms with E-state index in [2.05, 4.69) is 9.97 Å². The van der Waals surface area contributed by atoms with Gasteiger partial charge >= 0.3 is 0 Å². The average molecular weight is 194 g/mol. The zero-order valence-corrected chi connectivity index (χ0v) is 7.87. The molecule has 0 spiro atoms. The maximum Gasteiger partial charge on any atom is 0.202 e. The predicted molar refractivity (Wildman–Crippen MR) is 52.7 cm³/mol. The number of hydrogen-bond donors (Lipinski definition) is 1. The van der Waals surface area contributed by atoms with E-state index in [0.717, 1.165) is 5.69 Å². The van der Waals surface area contributed by atoms with Gasteiger partial charge in [-0.1, -0.05) is 0 Å². The fourth-order valence-electron chi connectivity index (χ4n) is 1.42. The summed E-state index contributed by atoms with van der Waals surface area (Å²) in [6.07, 6.45) is 0. The molecule has 0 atom stereocenters. The molecule has 74 valence electrons. The van der Waals surface area contributed by atoms with Crippen molar-refractivity contribution in [2.45, 2.75) is 13.5 Å². The number of nitrogens with zero attached hydrogens (tertiary/aromatic N) is 3. The van der Waals surface area contributed by atoms with Gasteiger partial charge in [0.2, 0.25) is 5.95 Å². The zero-order chi connectivity index (χ0) is 10.1. The summed E-state index contributed by atoms with van der Waals surface area (Å²) in [4.78, 5) is 8.35. The minimum atomic E-state index is -0.467. The topological polar surface area (TPSA) is 56.7 Å². The van der Waals surface area contributed by atoms with Crippen molar-refractivity contribution in [1.29, 1.82) is 0 Å². The fraction of sp³-hybridized carbons (Fsp3) is 0.333. The first-order valence-corrected chi connectivity index (χ1v) is 4.37. The van der Waals surface area contributed by atoms with Gasteiger partial charge in [-0.05, 0) is 19.1 Å². The molecule has 5 heteroatoms. The summed E-state index contributed by atoms with van der Waals surface area (Å²) in [7, 11) is 0. The summed E-state index contributed by atoms with van der Waals surface area (Å²) < 4.78 is 13.8. The number of nitrogens with two attached hydrogens (primary N) is 1.